The quantitative estimate of drug-likeness (QED) is 0.805. The summed E-state index contributed by atoms with van der Waals surface area (Å²) in [5.74, 6) is 1.04. The molecule has 122 valence electrons. The van der Waals surface area contributed by atoms with E-state index in [-0.39, 0.29) is 17.4 Å². The van der Waals surface area contributed by atoms with Crippen molar-refractivity contribution < 1.29 is 14.0 Å². The summed E-state index contributed by atoms with van der Waals surface area (Å²) in [6.07, 6.45) is 6.43. The number of aromatic nitrogens is 2. The third-order valence-electron chi connectivity index (χ3n) is 5.10. The molecule has 0 bridgehead atoms. The van der Waals surface area contributed by atoms with Crippen LogP contribution in [-0.2, 0) is 20.5 Å². The Balaban J connectivity index is 1.85. The molecule has 1 unspecified atom stereocenters. The smallest absolute Gasteiger partial charge is 0.398 e. The average Bonchev–Trinajstić information content (AvgIpc) is 2.99. The second-order valence-corrected chi connectivity index (χ2v) is 7.25. The van der Waals surface area contributed by atoms with E-state index in [2.05, 4.69) is 45.4 Å². The average molecular weight is 306 g/mol. The molecule has 1 aromatic rings. The lowest BCUT2D eigenvalue weighted by Crippen LogP contribution is -2.41. The number of ether oxygens (including phenoxy) is 1. The molecule has 0 aliphatic carbocycles. The molecule has 0 amide bonds. The summed E-state index contributed by atoms with van der Waals surface area (Å²) in [5, 5.41) is 0. The molecule has 2 saturated heterocycles. The minimum absolute atomic E-state index is 0.104. The Hall–Kier alpha value is -0.845. The molecule has 22 heavy (non-hydrogen) atoms. The number of imidazole rings is 1. The first-order valence-corrected chi connectivity index (χ1v) is 8.39. The lowest BCUT2D eigenvalue weighted by molar-refractivity contribution is -0.0334. The van der Waals surface area contributed by atoms with Gasteiger partial charge < -0.3 is 18.6 Å². The second-order valence-electron chi connectivity index (χ2n) is 7.25. The van der Waals surface area contributed by atoms with E-state index in [9.17, 15) is 0 Å². The van der Waals surface area contributed by atoms with E-state index < -0.39 is 7.12 Å². The summed E-state index contributed by atoms with van der Waals surface area (Å²) in [6.45, 7) is 11.2. The van der Waals surface area contributed by atoms with E-state index >= 15 is 0 Å². The van der Waals surface area contributed by atoms with Crippen molar-refractivity contribution in [2.75, 3.05) is 6.61 Å². The minimum Gasteiger partial charge on any atom is -0.398 e. The monoisotopic (exact) mass is 306 g/mol. The van der Waals surface area contributed by atoms with E-state index in [1.165, 1.54) is 6.42 Å². The predicted octanol–water partition coefficient (Wildman–Crippen LogP) is 2.44. The zero-order chi connectivity index (χ0) is 16.0. The van der Waals surface area contributed by atoms with E-state index in [1.54, 1.807) is 0 Å². The molecule has 0 N–H and O–H groups in total. The van der Waals surface area contributed by atoms with Crippen LogP contribution in [-0.4, -0.2) is 34.5 Å². The molecule has 0 spiro atoms. The number of nitrogens with zero attached hydrogens (tertiary/aromatic N) is 2. The highest BCUT2D eigenvalue weighted by Crippen LogP contribution is 2.36. The van der Waals surface area contributed by atoms with Crippen molar-refractivity contribution in [3.8, 4) is 0 Å². The van der Waals surface area contributed by atoms with E-state index in [0.717, 1.165) is 37.3 Å². The molecule has 6 heteroatoms. The molecule has 3 heterocycles. The fourth-order valence-electron chi connectivity index (χ4n) is 2.98. The Labute approximate surface area is 133 Å². The van der Waals surface area contributed by atoms with Gasteiger partial charge in [0.1, 0.15) is 12.1 Å². The van der Waals surface area contributed by atoms with Crippen LogP contribution in [0.25, 0.3) is 0 Å². The van der Waals surface area contributed by atoms with Crippen molar-refractivity contribution in [2.45, 2.75) is 77.7 Å². The van der Waals surface area contributed by atoms with Crippen molar-refractivity contribution in [1.29, 1.82) is 0 Å². The molecule has 5 nitrogen and oxygen atoms in total. The molecule has 2 aliphatic rings. The summed E-state index contributed by atoms with van der Waals surface area (Å²) in [5.41, 5.74) is 0.175. The molecular formula is C16H27BN2O3. The summed E-state index contributed by atoms with van der Waals surface area (Å²) in [7, 11) is -0.403. The summed E-state index contributed by atoms with van der Waals surface area (Å²) in [4.78, 5) is 4.75. The Morgan fingerprint density at radius 2 is 1.91 bits per heavy atom. The van der Waals surface area contributed by atoms with Gasteiger partial charge in [0.15, 0.2) is 0 Å². The third kappa shape index (κ3) is 2.72. The van der Waals surface area contributed by atoms with Crippen LogP contribution < -0.4 is 5.59 Å². The first kappa shape index (κ1) is 16.0. The number of hydrogen-bond donors (Lipinski definition) is 0. The maximum atomic E-state index is 6.11. The molecule has 0 aromatic carbocycles. The van der Waals surface area contributed by atoms with Gasteiger partial charge in [0.05, 0.1) is 16.8 Å². The van der Waals surface area contributed by atoms with Gasteiger partial charge in [0, 0.05) is 19.2 Å². The number of aryl methyl sites for hydroxylation is 1. The highest BCUT2D eigenvalue weighted by atomic mass is 16.7. The van der Waals surface area contributed by atoms with Crippen molar-refractivity contribution in [1.82, 2.24) is 9.55 Å². The highest BCUT2D eigenvalue weighted by Gasteiger charge is 2.52. The number of rotatable bonds is 3. The minimum atomic E-state index is -0.403. The fraction of sp³-hybridized carbons (Fsp3) is 0.812. The van der Waals surface area contributed by atoms with E-state index in [1.807, 2.05) is 0 Å². The van der Waals surface area contributed by atoms with Crippen LogP contribution in [0.3, 0.4) is 0 Å². The van der Waals surface area contributed by atoms with Gasteiger partial charge in [-0.05, 0) is 47.0 Å². The van der Waals surface area contributed by atoms with Gasteiger partial charge in [-0.1, -0.05) is 6.92 Å². The van der Waals surface area contributed by atoms with E-state index in [0.29, 0.717) is 0 Å². The Kier molecular flexibility index (Phi) is 4.12. The topological polar surface area (TPSA) is 45.5 Å². The van der Waals surface area contributed by atoms with Gasteiger partial charge in [0.2, 0.25) is 0 Å². The fourth-order valence-corrected chi connectivity index (χ4v) is 2.98. The van der Waals surface area contributed by atoms with Gasteiger partial charge in [-0.15, -0.1) is 0 Å². The van der Waals surface area contributed by atoms with Crippen LogP contribution in [0.5, 0.6) is 0 Å². The molecular weight excluding hydrogens is 279 g/mol. The van der Waals surface area contributed by atoms with Crippen molar-refractivity contribution in [3.05, 3.63) is 12.0 Å². The Morgan fingerprint density at radius 3 is 2.45 bits per heavy atom. The van der Waals surface area contributed by atoms with Crippen molar-refractivity contribution >= 4 is 12.7 Å². The molecule has 0 saturated carbocycles. The van der Waals surface area contributed by atoms with Crippen molar-refractivity contribution in [3.63, 3.8) is 0 Å². The standard InChI is InChI=1S/C16H27BN2O3/c1-6-13-18-12(11-19(13)14-9-7-8-10-20-14)17-21-15(2,3)16(4,5)22-17/h11,14H,6-10H2,1-5H3. The van der Waals surface area contributed by atoms with E-state index in [4.69, 9.17) is 19.0 Å². The Bertz CT molecular complexity index is 519. The zero-order valence-corrected chi connectivity index (χ0v) is 14.4. The van der Waals surface area contributed by atoms with Crippen molar-refractivity contribution in [2.24, 2.45) is 0 Å². The first-order chi connectivity index (χ1) is 10.3. The number of hydrogen-bond acceptors (Lipinski definition) is 4. The summed E-state index contributed by atoms with van der Waals surface area (Å²) in [6, 6.07) is 0. The van der Waals surface area contributed by atoms with Gasteiger partial charge in [-0.25, -0.2) is 4.98 Å². The second kappa shape index (κ2) is 5.66. The van der Waals surface area contributed by atoms with Gasteiger partial charge >= 0.3 is 7.12 Å². The van der Waals surface area contributed by atoms with Crippen LogP contribution in [0.1, 0.15) is 65.9 Å². The van der Waals surface area contributed by atoms with Gasteiger partial charge in [-0.3, -0.25) is 0 Å². The van der Waals surface area contributed by atoms with Crippen LogP contribution in [0.4, 0.5) is 0 Å². The molecule has 0 radical (unpaired) electrons. The maximum absolute atomic E-state index is 6.11. The normalized spacial score (nSPS) is 27.3. The van der Waals surface area contributed by atoms with Gasteiger partial charge in [0.25, 0.3) is 0 Å². The molecule has 2 aliphatic heterocycles. The summed E-state index contributed by atoms with van der Waals surface area (Å²) >= 11 is 0. The molecule has 1 aromatic heterocycles. The van der Waals surface area contributed by atoms with Gasteiger partial charge in [-0.2, -0.15) is 0 Å². The zero-order valence-electron chi connectivity index (χ0n) is 14.4. The first-order valence-electron chi connectivity index (χ1n) is 8.39. The van der Waals surface area contributed by atoms with Crippen LogP contribution in [0.2, 0.25) is 0 Å². The lowest BCUT2D eigenvalue weighted by Gasteiger charge is -2.32. The Morgan fingerprint density at radius 1 is 1.23 bits per heavy atom. The summed E-state index contributed by atoms with van der Waals surface area (Å²) < 4.78 is 20.3. The van der Waals surface area contributed by atoms with Crippen LogP contribution >= 0.6 is 0 Å². The molecule has 1 atom stereocenters. The lowest BCUT2D eigenvalue weighted by atomic mass is 9.86. The highest BCUT2D eigenvalue weighted by molar-refractivity contribution is 6.61. The molecule has 3 rings (SSSR count). The predicted molar refractivity (Wildman–Crippen MR) is 86.2 cm³/mol. The largest absolute Gasteiger partial charge is 0.516 e. The third-order valence-corrected chi connectivity index (χ3v) is 5.10. The van der Waals surface area contributed by atoms with Crippen LogP contribution in [0, 0.1) is 0 Å². The SMILES string of the molecule is CCc1nc(B2OC(C)(C)C(C)(C)O2)cn1C1CCCCO1. The maximum Gasteiger partial charge on any atom is 0.516 e. The molecule has 2 fully saturated rings. The van der Waals surface area contributed by atoms with Crippen LogP contribution in [0.15, 0.2) is 6.20 Å².